The minimum Gasteiger partial charge on any atom is -0.504 e. The molecule has 4 rings (SSSR count). The number of phenols is 2. The van der Waals surface area contributed by atoms with Crippen LogP contribution < -0.4 is 15.4 Å². The predicted octanol–water partition coefficient (Wildman–Crippen LogP) is 5.66. The molecule has 1 saturated heterocycles. The van der Waals surface area contributed by atoms with E-state index < -0.39 is 77.9 Å². The van der Waals surface area contributed by atoms with Crippen molar-refractivity contribution < 1.29 is 58.2 Å². The summed E-state index contributed by atoms with van der Waals surface area (Å²) in [4.78, 5) is 53.5. The van der Waals surface area contributed by atoms with E-state index in [1.165, 1.54) is 50.0 Å². The van der Waals surface area contributed by atoms with Crippen molar-refractivity contribution in [2.45, 2.75) is 141 Å². The van der Waals surface area contributed by atoms with Crippen LogP contribution >= 0.6 is 0 Å². The number of phenolic OH excluding ortho intramolecular Hbond substituents is 2. The molecule has 2 aromatic rings. The first-order valence-electron chi connectivity index (χ1n) is 18.9. The number of nitrogens with one attached hydrogen (secondary N) is 2. The maximum Gasteiger partial charge on any atom is 0.331 e. The predicted molar refractivity (Wildman–Crippen MR) is 203 cm³/mol. The lowest BCUT2D eigenvalue weighted by Gasteiger charge is -2.40. The number of esters is 2. The maximum absolute atomic E-state index is 13.9. The molecule has 5 unspecified atom stereocenters. The topological polar surface area (TPSA) is 199 Å². The van der Waals surface area contributed by atoms with Gasteiger partial charge in [0.1, 0.15) is 35.2 Å². The van der Waals surface area contributed by atoms with Gasteiger partial charge in [0.2, 0.25) is 5.91 Å². The zero-order valence-electron chi connectivity index (χ0n) is 32.6. The Balaban J connectivity index is 1.46. The van der Waals surface area contributed by atoms with Crippen molar-refractivity contribution in [1.82, 2.24) is 5.32 Å². The summed E-state index contributed by atoms with van der Waals surface area (Å²) in [5.41, 5.74) is -2.30. The number of fused-ring (bicyclic) bond motifs is 1. The Kier molecular flexibility index (Phi) is 14.7. The van der Waals surface area contributed by atoms with E-state index in [4.69, 9.17) is 23.7 Å². The van der Waals surface area contributed by atoms with Gasteiger partial charge in [-0.15, -0.1) is 0 Å². The van der Waals surface area contributed by atoms with Crippen LogP contribution in [0.4, 0.5) is 5.69 Å². The molecule has 1 saturated carbocycles. The van der Waals surface area contributed by atoms with Crippen molar-refractivity contribution in [3.8, 4) is 17.2 Å². The molecule has 2 amide bonds. The number of aliphatic hydroxyl groups is 1. The van der Waals surface area contributed by atoms with E-state index in [1.54, 1.807) is 58.9 Å². The quantitative estimate of drug-likeness (QED) is 0.0574. The molecule has 55 heavy (non-hydrogen) atoms. The molecule has 5 N–H and O–H groups in total. The number of rotatable bonds is 17. The van der Waals surface area contributed by atoms with Crippen LogP contribution in [0.25, 0.3) is 6.08 Å². The molecule has 2 aromatic carbocycles. The maximum atomic E-state index is 13.9. The molecule has 1 aliphatic carbocycles. The molecule has 0 aromatic heterocycles. The lowest BCUT2D eigenvalue weighted by molar-refractivity contribution is -0.177. The highest BCUT2D eigenvalue weighted by Crippen LogP contribution is 2.42. The smallest absolute Gasteiger partial charge is 0.331 e. The van der Waals surface area contributed by atoms with Gasteiger partial charge in [-0.25, -0.2) is 4.79 Å². The Bertz CT molecular complexity index is 1670. The highest BCUT2D eigenvalue weighted by molar-refractivity contribution is 6.00. The molecule has 2 aliphatic rings. The fourth-order valence-corrected chi connectivity index (χ4v) is 6.48. The largest absolute Gasteiger partial charge is 0.504 e. The number of aromatic hydroxyl groups is 2. The number of carbonyl (C=O) groups excluding carboxylic acids is 4. The fraction of sp³-hybridized carbons (Fsp3) is 0.561. The number of anilines is 1. The molecule has 2 fully saturated rings. The Morgan fingerprint density at radius 2 is 1.64 bits per heavy atom. The average Bonchev–Trinajstić information content (AvgIpc) is 3.41. The van der Waals surface area contributed by atoms with Crippen molar-refractivity contribution in [2.24, 2.45) is 0 Å². The monoisotopic (exact) mass is 768 g/mol. The van der Waals surface area contributed by atoms with Gasteiger partial charge in [-0.3, -0.25) is 14.4 Å². The second-order valence-electron chi connectivity index (χ2n) is 15.6. The van der Waals surface area contributed by atoms with Crippen LogP contribution in [0.5, 0.6) is 17.2 Å². The summed E-state index contributed by atoms with van der Waals surface area (Å²) in [7, 11) is 0. The first kappa shape index (κ1) is 43.1. The summed E-state index contributed by atoms with van der Waals surface area (Å²) < 4.78 is 29.0. The van der Waals surface area contributed by atoms with E-state index in [-0.39, 0.29) is 17.9 Å². The van der Waals surface area contributed by atoms with Gasteiger partial charge in [0, 0.05) is 24.6 Å². The first-order valence-corrected chi connectivity index (χ1v) is 18.9. The average molecular weight is 769 g/mol. The summed E-state index contributed by atoms with van der Waals surface area (Å²) in [6.07, 6.45) is 5.18. The van der Waals surface area contributed by atoms with Gasteiger partial charge in [-0.2, -0.15) is 0 Å². The van der Waals surface area contributed by atoms with Gasteiger partial charge < -0.3 is 49.6 Å². The van der Waals surface area contributed by atoms with Crippen LogP contribution in [-0.2, 0) is 38.1 Å². The molecule has 302 valence electrons. The summed E-state index contributed by atoms with van der Waals surface area (Å²) >= 11 is 0. The minimum atomic E-state index is -2.22. The number of benzene rings is 2. The number of carbonyl (C=O) groups is 4. The Hall–Kier alpha value is -4.66. The minimum absolute atomic E-state index is 0.259. The number of ether oxygens (including phenoxy) is 5. The van der Waals surface area contributed by atoms with Gasteiger partial charge in [0.05, 0.1) is 19.1 Å². The zero-order chi connectivity index (χ0) is 40.4. The third kappa shape index (κ3) is 13.3. The number of hydrogen-bond acceptors (Lipinski definition) is 12. The first-order chi connectivity index (χ1) is 25.9. The summed E-state index contributed by atoms with van der Waals surface area (Å²) in [6.45, 7) is 11.1. The number of hydrogen-bond donors (Lipinski definition) is 5. The lowest BCUT2D eigenvalue weighted by atomic mass is 9.78. The zero-order valence-corrected chi connectivity index (χ0v) is 32.6. The molecule has 0 radical (unpaired) electrons. The summed E-state index contributed by atoms with van der Waals surface area (Å²) in [6, 6.07) is 9.24. The highest BCUT2D eigenvalue weighted by atomic mass is 16.8. The van der Waals surface area contributed by atoms with Crippen molar-refractivity contribution in [3.05, 3.63) is 54.1 Å². The van der Waals surface area contributed by atoms with E-state index in [9.17, 15) is 34.5 Å². The Labute approximate surface area is 322 Å². The van der Waals surface area contributed by atoms with E-state index in [0.717, 1.165) is 18.9 Å². The van der Waals surface area contributed by atoms with Gasteiger partial charge in [0.15, 0.2) is 17.3 Å². The molecular weight excluding hydrogens is 712 g/mol. The molecule has 0 bridgehead atoms. The normalized spacial score (nSPS) is 22.3. The van der Waals surface area contributed by atoms with Gasteiger partial charge in [-0.1, -0.05) is 45.1 Å². The summed E-state index contributed by atoms with van der Waals surface area (Å²) in [5, 5.41) is 36.4. The van der Waals surface area contributed by atoms with Crippen molar-refractivity contribution in [2.75, 3.05) is 11.9 Å². The Morgan fingerprint density at radius 3 is 2.31 bits per heavy atom. The van der Waals surface area contributed by atoms with Crippen molar-refractivity contribution >= 4 is 35.5 Å². The van der Waals surface area contributed by atoms with Crippen LogP contribution in [0.3, 0.4) is 0 Å². The molecule has 0 spiro atoms. The third-order valence-corrected chi connectivity index (χ3v) is 9.07. The van der Waals surface area contributed by atoms with Crippen LogP contribution in [0.2, 0.25) is 0 Å². The van der Waals surface area contributed by atoms with Crippen molar-refractivity contribution in [1.29, 1.82) is 0 Å². The molecule has 14 heteroatoms. The highest BCUT2D eigenvalue weighted by Gasteiger charge is 2.57. The molecule has 1 heterocycles. The van der Waals surface area contributed by atoms with Crippen LogP contribution in [0, 0.1) is 0 Å². The standard InChI is InChI=1S/C41H56N2O12/c1-7-8-9-10-11-12-21-51-28-17-15-27(16-18-28)42-37(48)29(23-35(47)54-39(2,3)4)43-38(49)41(50)24-32(36-33(25-41)53-40(5,6)55-36)52-34(46)20-14-26-13-19-30(44)31(45)22-26/h13-20,22,29,32-33,36,44-45,50H,7-12,21,23-25H2,1-6H3,(H,42,48)(H,43,49)/b20-14+. The fourth-order valence-electron chi connectivity index (χ4n) is 6.48. The van der Waals surface area contributed by atoms with Crippen LogP contribution in [0.1, 0.15) is 105 Å². The number of amides is 2. The second kappa shape index (κ2) is 18.8. The molecular formula is C41H56N2O12. The summed E-state index contributed by atoms with van der Waals surface area (Å²) in [5.74, 6) is -4.50. The van der Waals surface area contributed by atoms with E-state index in [0.29, 0.717) is 23.6 Å². The van der Waals surface area contributed by atoms with Gasteiger partial charge in [0.25, 0.3) is 5.91 Å². The van der Waals surface area contributed by atoms with Crippen LogP contribution in [-0.4, -0.2) is 87.0 Å². The third-order valence-electron chi connectivity index (χ3n) is 9.07. The lowest BCUT2D eigenvalue weighted by Crippen LogP contribution is -2.61. The van der Waals surface area contributed by atoms with E-state index in [2.05, 4.69) is 17.6 Å². The van der Waals surface area contributed by atoms with Crippen LogP contribution in [0.15, 0.2) is 48.5 Å². The van der Waals surface area contributed by atoms with E-state index >= 15 is 0 Å². The van der Waals surface area contributed by atoms with Gasteiger partial charge in [-0.05, 0) is 89.1 Å². The molecule has 1 aliphatic heterocycles. The molecule has 14 nitrogen and oxygen atoms in total. The van der Waals surface area contributed by atoms with E-state index in [1.807, 2.05) is 0 Å². The number of unbranched alkanes of at least 4 members (excludes halogenated alkanes) is 5. The van der Waals surface area contributed by atoms with Gasteiger partial charge >= 0.3 is 11.9 Å². The molecule has 5 atom stereocenters. The Morgan fingerprint density at radius 1 is 0.945 bits per heavy atom. The SMILES string of the molecule is CCCCCCCCOc1ccc(NC(=O)C(CC(=O)OC(C)(C)C)NC(=O)C2(O)CC(OC(=O)/C=C/c3ccc(O)c(O)c3)C3OC(C)(C)OC3C2)cc1. The van der Waals surface area contributed by atoms with Crippen molar-refractivity contribution in [3.63, 3.8) is 0 Å². The second-order valence-corrected chi connectivity index (χ2v) is 15.6.